The van der Waals surface area contributed by atoms with Crippen LogP contribution in [0.3, 0.4) is 0 Å². The fourth-order valence-electron chi connectivity index (χ4n) is 2.73. The van der Waals surface area contributed by atoms with Gasteiger partial charge in [-0.1, -0.05) is 36.4 Å². The van der Waals surface area contributed by atoms with Crippen LogP contribution in [-0.4, -0.2) is 9.38 Å². The Balaban J connectivity index is 1.69. The van der Waals surface area contributed by atoms with E-state index in [4.69, 9.17) is 9.40 Å². The highest BCUT2D eigenvalue weighted by Crippen LogP contribution is 2.21. The summed E-state index contributed by atoms with van der Waals surface area (Å²) >= 11 is 0. The number of pyridine rings is 1. The van der Waals surface area contributed by atoms with Gasteiger partial charge in [0.15, 0.2) is 0 Å². The second-order valence-corrected chi connectivity index (χ2v) is 5.43. The first kappa shape index (κ1) is 13.6. The first-order valence-corrected chi connectivity index (χ1v) is 7.66. The molecule has 0 unspecified atom stereocenters. The van der Waals surface area contributed by atoms with Crippen LogP contribution in [0.1, 0.15) is 17.0 Å². The molecule has 4 heteroatoms. The molecular weight excluding hydrogens is 286 g/mol. The summed E-state index contributed by atoms with van der Waals surface area (Å²) in [6, 6.07) is 20.3. The zero-order valence-electron chi connectivity index (χ0n) is 12.6. The molecular formula is C19H17N3O. The number of anilines is 1. The van der Waals surface area contributed by atoms with Crippen LogP contribution in [0.2, 0.25) is 0 Å². The molecule has 3 heterocycles. The van der Waals surface area contributed by atoms with Crippen LogP contribution in [0.25, 0.3) is 5.65 Å². The zero-order valence-corrected chi connectivity index (χ0v) is 12.6. The molecule has 0 aliphatic carbocycles. The van der Waals surface area contributed by atoms with Gasteiger partial charge in [0.1, 0.15) is 17.2 Å². The van der Waals surface area contributed by atoms with Crippen LogP contribution in [0.5, 0.6) is 0 Å². The van der Waals surface area contributed by atoms with Crippen LogP contribution in [-0.2, 0) is 13.0 Å². The summed E-state index contributed by atoms with van der Waals surface area (Å²) < 4.78 is 7.53. The van der Waals surface area contributed by atoms with Gasteiger partial charge in [-0.3, -0.25) is 0 Å². The molecule has 0 atom stereocenters. The smallest absolute Gasteiger partial charge is 0.149 e. The number of fused-ring (bicyclic) bond motifs is 1. The highest BCUT2D eigenvalue weighted by Gasteiger charge is 2.12. The van der Waals surface area contributed by atoms with Crippen LogP contribution in [0.15, 0.2) is 77.5 Å². The van der Waals surface area contributed by atoms with E-state index < -0.39 is 0 Å². The highest BCUT2D eigenvalue weighted by molar-refractivity contribution is 5.55. The molecule has 0 radical (unpaired) electrons. The number of hydrogen-bond acceptors (Lipinski definition) is 3. The Morgan fingerprint density at radius 1 is 0.957 bits per heavy atom. The van der Waals surface area contributed by atoms with E-state index in [1.807, 2.05) is 36.4 Å². The molecule has 0 spiro atoms. The molecule has 3 aromatic heterocycles. The van der Waals surface area contributed by atoms with Crippen molar-refractivity contribution in [1.82, 2.24) is 9.38 Å². The fraction of sp³-hybridized carbons (Fsp3) is 0.105. The van der Waals surface area contributed by atoms with Gasteiger partial charge in [-0.15, -0.1) is 0 Å². The molecule has 0 aliphatic heterocycles. The van der Waals surface area contributed by atoms with Gasteiger partial charge >= 0.3 is 0 Å². The molecule has 0 aliphatic rings. The zero-order chi connectivity index (χ0) is 15.5. The monoisotopic (exact) mass is 303 g/mol. The summed E-state index contributed by atoms with van der Waals surface area (Å²) in [6.07, 6.45) is 4.57. The summed E-state index contributed by atoms with van der Waals surface area (Å²) in [5.74, 6) is 1.80. The van der Waals surface area contributed by atoms with Gasteiger partial charge < -0.3 is 14.1 Å². The Hall–Kier alpha value is -3.01. The standard InChI is InChI=1S/C19H17N3O/c1-2-7-15(8-3-1)13-17-19(20-14-16-9-6-12-23-16)21-18-10-4-5-11-22(17)18/h1-12,20H,13-14H2. The molecule has 4 rings (SSSR count). The van der Waals surface area contributed by atoms with Gasteiger partial charge in [0.25, 0.3) is 0 Å². The second-order valence-electron chi connectivity index (χ2n) is 5.43. The van der Waals surface area contributed by atoms with E-state index in [0.717, 1.165) is 29.3 Å². The van der Waals surface area contributed by atoms with Crippen molar-refractivity contribution < 1.29 is 4.42 Å². The largest absolute Gasteiger partial charge is 0.467 e. The Kier molecular flexibility index (Phi) is 3.56. The molecule has 1 N–H and O–H groups in total. The predicted molar refractivity (Wildman–Crippen MR) is 90.5 cm³/mol. The van der Waals surface area contributed by atoms with E-state index >= 15 is 0 Å². The van der Waals surface area contributed by atoms with Gasteiger partial charge in [0.05, 0.1) is 18.5 Å². The molecule has 4 aromatic rings. The maximum atomic E-state index is 5.39. The van der Waals surface area contributed by atoms with Crippen molar-refractivity contribution in [2.75, 3.05) is 5.32 Å². The Morgan fingerprint density at radius 2 is 1.83 bits per heavy atom. The summed E-state index contributed by atoms with van der Waals surface area (Å²) in [4.78, 5) is 4.72. The van der Waals surface area contributed by atoms with Crippen molar-refractivity contribution in [2.24, 2.45) is 0 Å². The van der Waals surface area contributed by atoms with E-state index in [1.165, 1.54) is 5.56 Å². The molecule has 23 heavy (non-hydrogen) atoms. The third-order valence-corrected chi connectivity index (χ3v) is 3.85. The quantitative estimate of drug-likeness (QED) is 0.603. The second kappa shape index (κ2) is 6.01. The predicted octanol–water partition coefficient (Wildman–Crippen LogP) is 4.13. The Bertz CT molecular complexity index is 895. The molecule has 0 saturated heterocycles. The van der Waals surface area contributed by atoms with Crippen molar-refractivity contribution >= 4 is 11.5 Å². The Morgan fingerprint density at radius 3 is 2.65 bits per heavy atom. The lowest BCUT2D eigenvalue weighted by Gasteiger charge is -2.07. The van der Waals surface area contributed by atoms with Crippen molar-refractivity contribution in [3.8, 4) is 0 Å². The van der Waals surface area contributed by atoms with Crippen molar-refractivity contribution in [3.63, 3.8) is 0 Å². The minimum atomic E-state index is 0.624. The molecule has 0 saturated carbocycles. The average Bonchev–Trinajstić information content (AvgIpc) is 3.22. The van der Waals surface area contributed by atoms with E-state index in [0.29, 0.717) is 6.54 Å². The van der Waals surface area contributed by atoms with Gasteiger partial charge in [-0.2, -0.15) is 0 Å². The molecule has 0 fully saturated rings. The summed E-state index contributed by atoms with van der Waals surface area (Å²) in [5.41, 5.74) is 3.36. The number of furan rings is 1. The number of aromatic nitrogens is 2. The summed E-state index contributed by atoms with van der Waals surface area (Å²) in [5, 5.41) is 3.40. The minimum absolute atomic E-state index is 0.624. The maximum Gasteiger partial charge on any atom is 0.149 e. The van der Waals surface area contributed by atoms with E-state index in [9.17, 15) is 0 Å². The molecule has 4 nitrogen and oxygen atoms in total. The van der Waals surface area contributed by atoms with Crippen molar-refractivity contribution in [3.05, 3.63) is 90.1 Å². The number of rotatable bonds is 5. The molecule has 0 bridgehead atoms. The highest BCUT2D eigenvalue weighted by atomic mass is 16.3. The SMILES string of the molecule is c1ccc(Cc2c(NCc3ccco3)nc3ccccn23)cc1. The van der Waals surface area contributed by atoms with Crippen LogP contribution >= 0.6 is 0 Å². The average molecular weight is 303 g/mol. The van der Waals surface area contributed by atoms with Gasteiger partial charge in [-0.05, 0) is 29.8 Å². The fourth-order valence-corrected chi connectivity index (χ4v) is 2.73. The summed E-state index contributed by atoms with van der Waals surface area (Å²) in [7, 11) is 0. The summed E-state index contributed by atoms with van der Waals surface area (Å²) in [6.45, 7) is 0.624. The number of hydrogen-bond donors (Lipinski definition) is 1. The van der Waals surface area contributed by atoms with Crippen molar-refractivity contribution in [1.29, 1.82) is 0 Å². The maximum absolute atomic E-state index is 5.39. The van der Waals surface area contributed by atoms with Crippen LogP contribution < -0.4 is 5.32 Å². The van der Waals surface area contributed by atoms with E-state index in [2.05, 4.69) is 40.2 Å². The normalized spacial score (nSPS) is 11.0. The third-order valence-electron chi connectivity index (χ3n) is 3.85. The van der Waals surface area contributed by atoms with E-state index in [1.54, 1.807) is 6.26 Å². The number of nitrogens with zero attached hydrogens (tertiary/aromatic N) is 2. The lowest BCUT2D eigenvalue weighted by molar-refractivity contribution is 0.518. The van der Waals surface area contributed by atoms with Crippen molar-refractivity contribution in [2.45, 2.75) is 13.0 Å². The lowest BCUT2D eigenvalue weighted by Crippen LogP contribution is -2.03. The third kappa shape index (κ3) is 2.83. The number of nitrogens with one attached hydrogen (secondary N) is 1. The first-order valence-electron chi connectivity index (χ1n) is 7.66. The molecule has 0 amide bonds. The van der Waals surface area contributed by atoms with Gasteiger partial charge in [0.2, 0.25) is 0 Å². The number of benzene rings is 1. The Labute approximate surface area is 134 Å². The number of imidazole rings is 1. The van der Waals surface area contributed by atoms with Crippen LogP contribution in [0.4, 0.5) is 5.82 Å². The molecule has 1 aromatic carbocycles. The van der Waals surface area contributed by atoms with Gasteiger partial charge in [0, 0.05) is 12.6 Å². The van der Waals surface area contributed by atoms with Gasteiger partial charge in [-0.25, -0.2) is 4.98 Å². The molecule has 114 valence electrons. The lowest BCUT2D eigenvalue weighted by atomic mass is 10.1. The van der Waals surface area contributed by atoms with E-state index in [-0.39, 0.29) is 0 Å². The minimum Gasteiger partial charge on any atom is -0.467 e. The van der Waals surface area contributed by atoms with Crippen LogP contribution in [0, 0.1) is 0 Å². The topological polar surface area (TPSA) is 42.5 Å². The first-order chi connectivity index (χ1) is 11.4.